The average Bonchev–Trinajstić information content (AvgIpc) is 3.25. The highest BCUT2D eigenvalue weighted by Crippen LogP contribution is 2.32. The molecule has 0 atom stereocenters. The Morgan fingerprint density at radius 3 is 2.67 bits per heavy atom. The van der Waals surface area contributed by atoms with Crippen molar-refractivity contribution in [3.8, 4) is 0 Å². The van der Waals surface area contributed by atoms with Crippen molar-refractivity contribution in [1.29, 1.82) is 0 Å². The van der Waals surface area contributed by atoms with Gasteiger partial charge in [0.2, 0.25) is 5.91 Å². The van der Waals surface area contributed by atoms with Crippen LogP contribution in [0.5, 0.6) is 0 Å². The number of benzene rings is 1. The summed E-state index contributed by atoms with van der Waals surface area (Å²) < 4.78 is 14.7. The summed E-state index contributed by atoms with van der Waals surface area (Å²) in [5, 5.41) is 4.08. The summed E-state index contributed by atoms with van der Waals surface area (Å²) in [5.74, 6) is 0.0608. The second kappa shape index (κ2) is 6.67. The van der Waals surface area contributed by atoms with Gasteiger partial charge in [-0.25, -0.2) is 9.37 Å². The lowest BCUT2D eigenvalue weighted by Gasteiger charge is -2.31. The molecule has 128 valence electrons. The Morgan fingerprint density at radius 2 is 1.96 bits per heavy atom. The molecule has 1 aromatic carbocycles. The van der Waals surface area contributed by atoms with Gasteiger partial charge in [-0.2, -0.15) is 0 Å². The smallest absolute Gasteiger partial charge is 0.223 e. The molecule has 1 N–H and O–H groups in total. The number of amides is 1. The van der Waals surface area contributed by atoms with Crippen LogP contribution in [0, 0.1) is 11.7 Å². The Morgan fingerprint density at radius 1 is 1.21 bits per heavy atom. The third kappa shape index (κ3) is 3.11. The largest absolute Gasteiger partial charge is 0.353 e. The van der Waals surface area contributed by atoms with Crippen molar-refractivity contribution < 1.29 is 9.18 Å². The van der Waals surface area contributed by atoms with E-state index >= 15 is 0 Å². The molecule has 2 aromatic rings. The van der Waals surface area contributed by atoms with Gasteiger partial charge >= 0.3 is 0 Å². The van der Waals surface area contributed by atoms with E-state index in [9.17, 15) is 9.18 Å². The van der Waals surface area contributed by atoms with Crippen molar-refractivity contribution in [2.45, 2.75) is 44.6 Å². The number of thiazole rings is 1. The SMILES string of the molecule is O=C(NC1CCCC1)C1CCN(c2nc3c(F)cccc3s2)CC1. The zero-order valence-electron chi connectivity index (χ0n) is 13.6. The molecule has 0 unspecified atom stereocenters. The molecule has 4 nitrogen and oxygen atoms in total. The lowest BCUT2D eigenvalue weighted by atomic mass is 9.96. The minimum absolute atomic E-state index is 0.105. The van der Waals surface area contributed by atoms with Gasteiger partial charge in [-0.1, -0.05) is 30.2 Å². The molecule has 1 saturated heterocycles. The average molecular weight is 347 g/mol. The Kier molecular flexibility index (Phi) is 4.39. The summed E-state index contributed by atoms with van der Waals surface area (Å²) in [6.07, 6.45) is 6.41. The molecule has 4 rings (SSSR count). The van der Waals surface area contributed by atoms with Crippen molar-refractivity contribution >= 4 is 32.6 Å². The van der Waals surface area contributed by atoms with Crippen LogP contribution in [0.2, 0.25) is 0 Å². The predicted molar refractivity (Wildman–Crippen MR) is 94.9 cm³/mol. The first-order valence-corrected chi connectivity index (χ1v) is 9.63. The van der Waals surface area contributed by atoms with Crippen LogP contribution < -0.4 is 10.2 Å². The van der Waals surface area contributed by atoms with Crippen LogP contribution in [0.25, 0.3) is 10.2 Å². The van der Waals surface area contributed by atoms with E-state index in [1.165, 1.54) is 30.2 Å². The summed E-state index contributed by atoms with van der Waals surface area (Å²) in [6, 6.07) is 5.47. The maximum absolute atomic E-state index is 13.8. The van der Waals surface area contributed by atoms with Gasteiger partial charge < -0.3 is 10.2 Å². The molecular weight excluding hydrogens is 325 g/mol. The summed E-state index contributed by atoms with van der Waals surface area (Å²) in [5.41, 5.74) is 0.457. The second-order valence-electron chi connectivity index (χ2n) is 6.83. The first-order valence-electron chi connectivity index (χ1n) is 8.81. The quantitative estimate of drug-likeness (QED) is 0.921. The number of halogens is 1. The maximum atomic E-state index is 13.8. The number of carbonyl (C=O) groups is 1. The molecule has 1 aliphatic heterocycles. The van der Waals surface area contributed by atoms with E-state index in [1.54, 1.807) is 6.07 Å². The molecular formula is C18H22FN3OS. The van der Waals surface area contributed by atoms with Gasteiger partial charge in [0.05, 0.1) is 4.70 Å². The van der Waals surface area contributed by atoms with Gasteiger partial charge in [0, 0.05) is 25.0 Å². The van der Waals surface area contributed by atoms with Crippen LogP contribution in [0.4, 0.5) is 9.52 Å². The first-order chi connectivity index (χ1) is 11.7. The van der Waals surface area contributed by atoms with E-state index in [0.29, 0.717) is 11.6 Å². The fourth-order valence-electron chi connectivity index (χ4n) is 3.76. The third-order valence-corrected chi connectivity index (χ3v) is 6.28. The van der Waals surface area contributed by atoms with E-state index in [-0.39, 0.29) is 17.6 Å². The molecule has 24 heavy (non-hydrogen) atoms. The lowest BCUT2D eigenvalue weighted by Crippen LogP contribution is -2.43. The molecule has 0 spiro atoms. The monoisotopic (exact) mass is 347 g/mol. The highest BCUT2D eigenvalue weighted by molar-refractivity contribution is 7.22. The zero-order chi connectivity index (χ0) is 16.5. The highest BCUT2D eigenvalue weighted by atomic mass is 32.1. The Bertz CT molecular complexity index is 733. The van der Waals surface area contributed by atoms with Crippen LogP contribution in [0.3, 0.4) is 0 Å². The van der Waals surface area contributed by atoms with E-state index in [4.69, 9.17) is 0 Å². The van der Waals surface area contributed by atoms with Gasteiger partial charge in [-0.3, -0.25) is 4.79 Å². The topological polar surface area (TPSA) is 45.2 Å². The standard InChI is InChI=1S/C18H22FN3OS/c19-14-6-3-7-15-16(14)21-18(24-15)22-10-8-12(9-11-22)17(23)20-13-4-1-2-5-13/h3,6-7,12-13H,1-2,4-5,8-11H2,(H,20,23). The number of nitrogens with zero attached hydrogens (tertiary/aromatic N) is 2. The summed E-state index contributed by atoms with van der Waals surface area (Å²) in [4.78, 5) is 19.0. The van der Waals surface area contributed by atoms with Gasteiger partial charge in [0.15, 0.2) is 5.13 Å². The number of fused-ring (bicyclic) bond motifs is 1. The maximum Gasteiger partial charge on any atom is 0.223 e. The molecule has 1 saturated carbocycles. The summed E-state index contributed by atoms with van der Waals surface area (Å²) in [7, 11) is 0. The van der Waals surface area contributed by atoms with E-state index in [1.807, 2.05) is 6.07 Å². The van der Waals surface area contributed by atoms with Crippen LogP contribution in [0.1, 0.15) is 38.5 Å². The third-order valence-electron chi connectivity index (χ3n) is 5.20. The van der Waals surface area contributed by atoms with Crippen LogP contribution in [0.15, 0.2) is 18.2 Å². The summed E-state index contributed by atoms with van der Waals surface area (Å²) in [6.45, 7) is 1.62. The molecule has 0 bridgehead atoms. The molecule has 2 fully saturated rings. The van der Waals surface area contributed by atoms with Crippen molar-refractivity contribution in [3.63, 3.8) is 0 Å². The highest BCUT2D eigenvalue weighted by Gasteiger charge is 2.28. The zero-order valence-corrected chi connectivity index (χ0v) is 14.4. The minimum Gasteiger partial charge on any atom is -0.353 e. The number of piperidine rings is 1. The molecule has 1 aliphatic carbocycles. The molecule has 2 heterocycles. The van der Waals surface area contributed by atoms with Gasteiger partial charge in [-0.15, -0.1) is 0 Å². The predicted octanol–water partition coefficient (Wildman–Crippen LogP) is 3.71. The lowest BCUT2D eigenvalue weighted by molar-refractivity contribution is -0.126. The van der Waals surface area contributed by atoms with E-state index in [0.717, 1.165) is 48.6 Å². The Labute approximate surface area is 145 Å². The number of nitrogens with one attached hydrogen (secondary N) is 1. The first kappa shape index (κ1) is 15.8. The number of carbonyl (C=O) groups excluding carboxylic acids is 1. The molecule has 1 aromatic heterocycles. The minimum atomic E-state index is -0.263. The fourth-order valence-corrected chi connectivity index (χ4v) is 4.79. The van der Waals surface area contributed by atoms with Gasteiger partial charge in [0.1, 0.15) is 11.3 Å². The fraction of sp³-hybridized carbons (Fsp3) is 0.556. The Balaban J connectivity index is 1.38. The second-order valence-corrected chi connectivity index (χ2v) is 7.84. The van der Waals surface area contributed by atoms with Crippen molar-refractivity contribution in [3.05, 3.63) is 24.0 Å². The molecule has 2 aliphatic rings. The van der Waals surface area contributed by atoms with Crippen LogP contribution in [-0.2, 0) is 4.79 Å². The number of rotatable bonds is 3. The van der Waals surface area contributed by atoms with Gasteiger partial charge in [-0.05, 0) is 37.8 Å². The number of aromatic nitrogens is 1. The van der Waals surface area contributed by atoms with Crippen LogP contribution >= 0.6 is 11.3 Å². The normalized spacial score (nSPS) is 20.0. The van der Waals surface area contributed by atoms with Crippen molar-refractivity contribution in [2.24, 2.45) is 5.92 Å². The Hall–Kier alpha value is -1.69. The van der Waals surface area contributed by atoms with E-state index in [2.05, 4.69) is 15.2 Å². The van der Waals surface area contributed by atoms with Crippen LogP contribution in [-0.4, -0.2) is 30.0 Å². The van der Waals surface area contributed by atoms with Crippen molar-refractivity contribution in [1.82, 2.24) is 10.3 Å². The van der Waals surface area contributed by atoms with E-state index < -0.39 is 0 Å². The number of hydrogen-bond donors (Lipinski definition) is 1. The number of hydrogen-bond acceptors (Lipinski definition) is 4. The van der Waals surface area contributed by atoms with Gasteiger partial charge in [0.25, 0.3) is 0 Å². The molecule has 0 radical (unpaired) electrons. The molecule has 6 heteroatoms. The number of para-hydroxylation sites is 1. The molecule has 1 amide bonds. The summed E-state index contributed by atoms with van der Waals surface area (Å²) >= 11 is 1.53. The van der Waals surface area contributed by atoms with Crippen molar-refractivity contribution in [2.75, 3.05) is 18.0 Å². The number of anilines is 1.